The summed E-state index contributed by atoms with van der Waals surface area (Å²) in [6.45, 7) is 5.99. The summed E-state index contributed by atoms with van der Waals surface area (Å²) >= 11 is 0. The maximum absolute atomic E-state index is 13.7. The minimum atomic E-state index is -1.54. The SMILES string of the molecule is CC(=O)c1c(O)c(C)c(O)c2c1OC1=CC(=O)C(=C(C)NCc3ncn(C)n3)C(=O)C12C. The van der Waals surface area contributed by atoms with Crippen LogP contribution in [-0.4, -0.2) is 42.3 Å². The van der Waals surface area contributed by atoms with E-state index in [2.05, 4.69) is 15.4 Å². The number of rotatable bonds is 4. The van der Waals surface area contributed by atoms with Gasteiger partial charge in [-0.15, -0.1) is 0 Å². The number of aromatic nitrogens is 3. The second-order valence-electron chi connectivity index (χ2n) is 8.07. The predicted molar refractivity (Wildman–Crippen MR) is 111 cm³/mol. The van der Waals surface area contributed by atoms with E-state index in [1.54, 1.807) is 14.0 Å². The lowest BCUT2D eigenvalue weighted by Gasteiger charge is -2.29. The van der Waals surface area contributed by atoms with Crippen LogP contribution in [0.5, 0.6) is 17.2 Å². The molecule has 32 heavy (non-hydrogen) atoms. The highest BCUT2D eigenvalue weighted by molar-refractivity contribution is 6.31. The summed E-state index contributed by atoms with van der Waals surface area (Å²) in [5.74, 6) is -2.09. The lowest BCUT2D eigenvalue weighted by atomic mass is 9.70. The molecule has 0 saturated carbocycles. The van der Waals surface area contributed by atoms with E-state index in [4.69, 9.17) is 4.74 Å². The van der Waals surface area contributed by atoms with Crippen LogP contribution in [-0.2, 0) is 28.6 Å². The molecule has 1 aromatic heterocycles. The number of aryl methyl sites for hydroxylation is 1. The number of ether oxygens (including phenoxy) is 1. The molecule has 1 atom stereocenters. The van der Waals surface area contributed by atoms with Crippen LogP contribution < -0.4 is 10.1 Å². The van der Waals surface area contributed by atoms with Crippen molar-refractivity contribution < 1.29 is 29.3 Å². The Morgan fingerprint density at radius 1 is 1.25 bits per heavy atom. The maximum atomic E-state index is 13.7. The molecule has 1 unspecified atom stereocenters. The Hall–Kier alpha value is -3.95. The average Bonchev–Trinajstić information content (AvgIpc) is 3.26. The summed E-state index contributed by atoms with van der Waals surface area (Å²) in [5.41, 5.74) is -1.37. The lowest BCUT2D eigenvalue weighted by Crippen LogP contribution is -2.41. The van der Waals surface area contributed by atoms with E-state index in [0.717, 1.165) is 0 Å². The van der Waals surface area contributed by atoms with Crippen molar-refractivity contribution in [3.8, 4) is 17.2 Å². The second-order valence-corrected chi connectivity index (χ2v) is 8.07. The maximum Gasteiger partial charge on any atom is 0.194 e. The average molecular weight is 438 g/mol. The summed E-state index contributed by atoms with van der Waals surface area (Å²) in [6, 6.07) is 0. The molecule has 2 aromatic rings. The number of benzene rings is 1. The number of hydrogen-bond acceptors (Lipinski definition) is 9. The van der Waals surface area contributed by atoms with E-state index >= 15 is 0 Å². The van der Waals surface area contributed by atoms with Crippen molar-refractivity contribution in [2.45, 2.75) is 39.7 Å². The van der Waals surface area contributed by atoms with E-state index < -0.39 is 28.5 Å². The highest BCUT2D eigenvalue weighted by atomic mass is 16.5. The molecular formula is C22H22N4O6. The van der Waals surface area contributed by atoms with Gasteiger partial charge in [0.05, 0.1) is 17.7 Å². The van der Waals surface area contributed by atoms with E-state index in [1.807, 2.05) is 0 Å². The molecule has 10 nitrogen and oxygen atoms in total. The Labute approximate surface area is 183 Å². The first-order chi connectivity index (χ1) is 15.0. The van der Waals surface area contributed by atoms with Gasteiger partial charge in [0.25, 0.3) is 0 Å². The Balaban J connectivity index is 1.84. The van der Waals surface area contributed by atoms with Crippen LogP contribution in [0.3, 0.4) is 0 Å². The summed E-state index contributed by atoms with van der Waals surface area (Å²) in [5, 5.41) is 28.4. The Morgan fingerprint density at radius 2 is 1.94 bits per heavy atom. The van der Waals surface area contributed by atoms with E-state index in [1.165, 1.54) is 37.9 Å². The van der Waals surface area contributed by atoms with Crippen molar-refractivity contribution in [1.29, 1.82) is 0 Å². The van der Waals surface area contributed by atoms with Crippen molar-refractivity contribution in [2.75, 3.05) is 0 Å². The van der Waals surface area contributed by atoms with Crippen LogP contribution in [0.15, 0.2) is 29.4 Å². The molecule has 0 fully saturated rings. The number of carbonyl (C=O) groups is 3. The molecule has 0 spiro atoms. The molecule has 1 aliphatic heterocycles. The quantitative estimate of drug-likeness (QED) is 0.367. The minimum Gasteiger partial charge on any atom is -0.507 e. The highest BCUT2D eigenvalue weighted by Crippen LogP contribution is 2.57. The van der Waals surface area contributed by atoms with Crippen molar-refractivity contribution in [2.24, 2.45) is 7.05 Å². The van der Waals surface area contributed by atoms with Crippen molar-refractivity contribution in [1.82, 2.24) is 20.1 Å². The lowest BCUT2D eigenvalue weighted by molar-refractivity contribution is -0.123. The van der Waals surface area contributed by atoms with Crippen LogP contribution in [0.2, 0.25) is 0 Å². The molecule has 3 N–H and O–H groups in total. The Kier molecular flexibility index (Phi) is 4.69. The van der Waals surface area contributed by atoms with Gasteiger partial charge in [-0.3, -0.25) is 19.1 Å². The number of nitrogens with zero attached hydrogens (tertiary/aromatic N) is 3. The van der Waals surface area contributed by atoms with Crippen molar-refractivity contribution in [3.63, 3.8) is 0 Å². The third-order valence-electron chi connectivity index (χ3n) is 5.92. The van der Waals surface area contributed by atoms with Gasteiger partial charge < -0.3 is 20.3 Å². The summed E-state index contributed by atoms with van der Waals surface area (Å²) in [7, 11) is 1.72. The third kappa shape index (κ3) is 2.83. The number of allylic oxidation sites excluding steroid dienone is 4. The van der Waals surface area contributed by atoms with Crippen LogP contribution in [0.1, 0.15) is 48.1 Å². The summed E-state index contributed by atoms with van der Waals surface area (Å²) in [6.07, 6.45) is 2.71. The van der Waals surface area contributed by atoms with Crippen LogP contribution in [0.25, 0.3) is 0 Å². The third-order valence-corrected chi connectivity index (χ3v) is 5.92. The van der Waals surface area contributed by atoms with E-state index in [0.29, 0.717) is 11.5 Å². The van der Waals surface area contributed by atoms with Gasteiger partial charge >= 0.3 is 0 Å². The van der Waals surface area contributed by atoms with Gasteiger partial charge in [0.2, 0.25) is 0 Å². The number of ketones is 3. The van der Waals surface area contributed by atoms with Crippen molar-refractivity contribution >= 4 is 17.3 Å². The number of hydrogen-bond donors (Lipinski definition) is 3. The predicted octanol–water partition coefficient (Wildman–Crippen LogP) is 1.49. The number of phenols is 2. The summed E-state index contributed by atoms with van der Waals surface area (Å²) in [4.78, 5) is 42.8. The van der Waals surface area contributed by atoms with E-state index in [9.17, 15) is 24.6 Å². The zero-order valence-corrected chi connectivity index (χ0v) is 18.2. The first-order valence-electron chi connectivity index (χ1n) is 9.86. The molecular weight excluding hydrogens is 416 g/mol. The summed E-state index contributed by atoms with van der Waals surface area (Å²) < 4.78 is 7.27. The Morgan fingerprint density at radius 3 is 2.53 bits per heavy atom. The normalized spacial score (nSPS) is 21.0. The number of phenolic OH excluding ortho intramolecular Hbond substituents is 2. The van der Waals surface area contributed by atoms with Gasteiger partial charge in [-0.1, -0.05) is 0 Å². The number of carbonyl (C=O) groups excluding carboxylic acids is 3. The van der Waals surface area contributed by atoms with Gasteiger partial charge in [-0.25, -0.2) is 4.98 Å². The highest BCUT2D eigenvalue weighted by Gasteiger charge is 2.56. The van der Waals surface area contributed by atoms with Gasteiger partial charge in [-0.2, -0.15) is 5.10 Å². The molecule has 1 aromatic carbocycles. The monoisotopic (exact) mass is 438 g/mol. The zero-order chi connectivity index (χ0) is 23.5. The molecule has 2 aliphatic rings. The molecule has 4 rings (SSSR count). The van der Waals surface area contributed by atoms with Crippen LogP contribution >= 0.6 is 0 Å². The molecule has 0 saturated heterocycles. The first kappa shape index (κ1) is 21.3. The minimum absolute atomic E-state index is 0.00626. The second kappa shape index (κ2) is 7.04. The first-order valence-corrected chi connectivity index (χ1v) is 9.86. The molecule has 0 radical (unpaired) electrons. The van der Waals surface area contributed by atoms with Gasteiger partial charge in [0.15, 0.2) is 23.2 Å². The number of Topliss-reactive ketones (excluding diaryl/α,β-unsaturated/α-hetero) is 2. The van der Waals surface area contributed by atoms with Crippen LogP contribution in [0.4, 0.5) is 0 Å². The largest absolute Gasteiger partial charge is 0.507 e. The number of nitrogens with one attached hydrogen (secondary N) is 1. The fourth-order valence-corrected chi connectivity index (χ4v) is 4.13. The molecule has 1 aliphatic carbocycles. The fourth-order valence-electron chi connectivity index (χ4n) is 4.13. The number of aromatic hydroxyl groups is 2. The molecule has 2 heterocycles. The molecule has 0 bridgehead atoms. The number of fused-ring (bicyclic) bond motifs is 3. The fraction of sp³-hybridized carbons (Fsp3) is 0.318. The van der Waals surface area contributed by atoms with Crippen LogP contribution in [0, 0.1) is 6.92 Å². The molecule has 166 valence electrons. The molecule has 10 heteroatoms. The standard InChI is InChI=1S/C22H22N4O6/c1-9-18(29)16(11(3)27)20-17(19(9)30)22(4)13(32-20)6-12(28)15(21(22)31)10(2)23-7-14-24-8-26(5)25-14/h6,8,23,29-30H,7H2,1-5H3. The Bertz CT molecular complexity index is 1290. The van der Waals surface area contributed by atoms with E-state index in [-0.39, 0.29) is 46.1 Å². The van der Waals surface area contributed by atoms with Gasteiger partial charge in [0, 0.05) is 24.4 Å². The molecule has 0 amide bonds. The van der Waals surface area contributed by atoms with Gasteiger partial charge in [0.1, 0.15) is 40.3 Å². The zero-order valence-electron chi connectivity index (χ0n) is 18.2. The van der Waals surface area contributed by atoms with Gasteiger partial charge in [-0.05, 0) is 27.7 Å². The smallest absolute Gasteiger partial charge is 0.194 e. The van der Waals surface area contributed by atoms with Crippen molar-refractivity contribution in [3.05, 3.63) is 51.9 Å². The topological polar surface area (TPSA) is 144 Å².